The van der Waals surface area contributed by atoms with E-state index in [0.717, 1.165) is 0 Å². The van der Waals surface area contributed by atoms with Crippen LogP contribution in [0, 0.1) is 0 Å². The van der Waals surface area contributed by atoms with Crippen molar-refractivity contribution in [2.45, 2.75) is 19.0 Å². The van der Waals surface area contributed by atoms with E-state index in [1.165, 1.54) is 11.2 Å². The van der Waals surface area contributed by atoms with Gasteiger partial charge in [0.2, 0.25) is 0 Å². The Kier molecular flexibility index (Phi) is 4.38. The van der Waals surface area contributed by atoms with Gasteiger partial charge >= 0.3 is 6.03 Å². The molecule has 2 aromatic rings. The van der Waals surface area contributed by atoms with E-state index in [-0.39, 0.29) is 30.1 Å². The molecule has 1 saturated heterocycles. The van der Waals surface area contributed by atoms with E-state index < -0.39 is 9.84 Å². The first-order valence-corrected chi connectivity index (χ1v) is 9.21. The highest BCUT2D eigenvalue weighted by Crippen LogP contribution is 2.21. The van der Waals surface area contributed by atoms with Crippen molar-refractivity contribution in [2.24, 2.45) is 0 Å². The number of nitrogens with one attached hydrogen (secondary N) is 1. The van der Waals surface area contributed by atoms with Crippen LogP contribution < -0.4 is 5.32 Å². The summed E-state index contributed by atoms with van der Waals surface area (Å²) in [5, 5.41) is 2.81. The van der Waals surface area contributed by atoms with E-state index in [1.54, 1.807) is 24.3 Å². The van der Waals surface area contributed by atoms with Gasteiger partial charge in [-0.3, -0.25) is 0 Å². The number of carbonyl (C=O) groups is 1. The second-order valence-corrected chi connectivity index (χ2v) is 7.79. The highest BCUT2D eigenvalue weighted by atomic mass is 32.2. The van der Waals surface area contributed by atoms with Crippen LogP contribution in [-0.2, 0) is 16.4 Å². The van der Waals surface area contributed by atoms with Crippen molar-refractivity contribution in [3.8, 4) is 0 Å². The Hall–Kier alpha value is -2.28. The molecule has 2 heterocycles. The standard InChI is InChI=1S/C16H18N2O4S/c19-16(17-13-5-2-1-3-6-13)18(11-15-7-4-9-22-15)14-8-10-23(20,21)12-14/h1-7,9,14H,8,10-12H2,(H,17,19). The summed E-state index contributed by atoms with van der Waals surface area (Å²) >= 11 is 0. The number of para-hydroxylation sites is 1. The van der Waals surface area contributed by atoms with E-state index in [1.807, 2.05) is 18.2 Å². The Bertz CT molecular complexity index is 757. The Morgan fingerprint density at radius 2 is 2.00 bits per heavy atom. The fourth-order valence-electron chi connectivity index (χ4n) is 2.68. The van der Waals surface area contributed by atoms with Crippen LogP contribution in [0.15, 0.2) is 53.1 Å². The van der Waals surface area contributed by atoms with Crippen LogP contribution in [0.2, 0.25) is 0 Å². The second-order valence-electron chi connectivity index (χ2n) is 5.56. The van der Waals surface area contributed by atoms with E-state index in [2.05, 4.69) is 5.32 Å². The molecule has 2 amide bonds. The minimum atomic E-state index is -3.08. The fraction of sp³-hybridized carbons (Fsp3) is 0.312. The number of hydrogen-bond acceptors (Lipinski definition) is 4. The molecule has 1 atom stereocenters. The molecule has 0 aliphatic carbocycles. The molecule has 7 heteroatoms. The van der Waals surface area contributed by atoms with Gasteiger partial charge in [0.1, 0.15) is 5.76 Å². The van der Waals surface area contributed by atoms with Crippen LogP contribution >= 0.6 is 0 Å². The SMILES string of the molecule is O=C(Nc1ccccc1)N(Cc1ccco1)C1CCS(=O)(=O)C1. The lowest BCUT2D eigenvalue weighted by molar-refractivity contribution is 0.184. The maximum Gasteiger partial charge on any atom is 0.322 e. The number of nitrogens with zero attached hydrogens (tertiary/aromatic N) is 1. The third-order valence-electron chi connectivity index (χ3n) is 3.84. The molecule has 1 aliphatic rings. The summed E-state index contributed by atoms with van der Waals surface area (Å²) in [7, 11) is -3.08. The van der Waals surface area contributed by atoms with Gasteiger partial charge in [-0.15, -0.1) is 0 Å². The number of amides is 2. The van der Waals surface area contributed by atoms with Gasteiger partial charge in [0, 0.05) is 11.7 Å². The highest BCUT2D eigenvalue weighted by Gasteiger charge is 2.35. The number of anilines is 1. The fourth-order valence-corrected chi connectivity index (χ4v) is 4.41. The average molecular weight is 334 g/mol. The number of carbonyl (C=O) groups excluding carboxylic acids is 1. The van der Waals surface area contributed by atoms with Crippen LogP contribution in [0.3, 0.4) is 0 Å². The Morgan fingerprint density at radius 1 is 1.22 bits per heavy atom. The summed E-state index contributed by atoms with van der Waals surface area (Å²) in [5.41, 5.74) is 0.669. The first-order valence-electron chi connectivity index (χ1n) is 7.39. The van der Waals surface area contributed by atoms with Crippen LogP contribution in [0.1, 0.15) is 12.2 Å². The maximum atomic E-state index is 12.6. The van der Waals surface area contributed by atoms with E-state index in [9.17, 15) is 13.2 Å². The molecule has 0 radical (unpaired) electrons. The van der Waals surface area contributed by atoms with Gasteiger partial charge in [-0.25, -0.2) is 13.2 Å². The molecule has 0 spiro atoms. The summed E-state index contributed by atoms with van der Waals surface area (Å²) in [5.74, 6) is 0.735. The van der Waals surface area contributed by atoms with Crippen LogP contribution in [0.25, 0.3) is 0 Å². The van der Waals surface area contributed by atoms with Gasteiger partial charge in [0.05, 0.1) is 24.3 Å². The second kappa shape index (κ2) is 6.45. The lowest BCUT2D eigenvalue weighted by Gasteiger charge is -2.27. The van der Waals surface area contributed by atoms with E-state index in [4.69, 9.17) is 4.42 Å². The molecule has 1 aliphatic heterocycles. The molecule has 0 saturated carbocycles. The van der Waals surface area contributed by atoms with Gasteiger partial charge in [-0.1, -0.05) is 18.2 Å². The Balaban J connectivity index is 1.78. The van der Waals surface area contributed by atoms with Gasteiger partial charge in [-0.05, 0) is 30.7 Å². The molecule has 3 rings (SSSR count). The molecule has 0 bridgehead atoms. The van der Waals surface area contributed by atoms with Gasteiger partial charge < -0.3 is 14.6 Å². The monoisotopic (exact) mass is 334 g/mol. The van der Waals surface area contributed by atoms with Crippen molar-refractivity contribution in [2.75, 3.05) is 16.8 Å². The van der Waals surface area contributed by atoms with Gasteiger partial charge in [0.25, 0.3) is 0 Å². The Labute approximate surface area is 135 Å². The van der Waals surface area contributed by atoms with E-state index in [0.29, 0.717) is 17.9 Å². The summed E-state index contributed by atoms with van der Waals surface area (Å²) < 4.78 is 28.8. The first kappa shape index (κ1) is 15.6. The number of benzene rings is 1. The minimum absolute atomic E-state index is 0.00405. The smallest absolute Gasteiger partial charge is 0.322 e. The zero-order valence-corrected chi connectivity index (χ0v) is 13.3. The quantitative estimate of drug-likeness (QED) is 0.931. The molecule has 1 aromatic carbocycles. The highest BCUT2D eigenvalue weighted by molar-refractivity contribution is 7.91. The average Bonchev–Trinajstić information content (AvgIpc) is 3.15. The molecule has 122 valence electrons. The molecule has 1 aromatic heterocycles. The van der Waals surface area contributed by atoms with Crippen molar-refractivity contribution in [3.63, 3.8) is 0 Å². The lowest BCUT2D eigenvalue weighted by Crippen LogP contribution is -2.43. The number of rotatable bonds is 4. The molecular formula is C16H18N2O4S. The Morgan fingerprint density at radius 3 is 2.61 bits per heavy atom. The zero-order chi connectivity index (χ0) is 16.3. The van der Waals surface area contributed by atoms with Crippen molar-refractivity contribution < 1.29 is 17.6 Å². The topological polar surface area (TPSA) is 79.6 Å². The molecular weight excluding hydrogens is 316 g/mol. The molecule has 1 unspecified atom stereocenters. The van der Waals surface area contributed by atoms with E-state index >= 15 is 0 Å². The minimum Gasteiger partial charge on any atom is -0.467 e. The molecule has 1 fully saturated rings. The van der Waals surface area contributed by atoms with Crippen molar-refractivity contribution in [3.05, 3.63) is 54.5 Å². The zero-order valence-electron chi connectivity index (χ0n) is 12.5. The summed E-state index contributed by atoms with van der Waals surface area (Å²) in [4.78, 5) is 14.2. The largest absolute Gasteiger partial charge is 0.467 e. The lowest BCUT2D eigenvalue weighted by atomic mass is 10.2. The van der Waals surface area contributed by atoms with Crippen LogP contribution in [-0.4, -0.2) is 36.9 Å². The number of urea groups is 1. The number of sulfone groups is 1. The molecule has 1 N–H and O–H groups in total. The number of furan rings is 1. The summed E-state index contributed by atoms with van der Waals surface area (Å²) in [6.45, 7) is 0.242. The van der Waals surface area contributed by atoms with Gasteiger partial charge in [-0.2, -0.15) is 0 Å². The predicted octanol–water partition coefficient (Wildman–Crippen LogP) is 2.50. The van der Waals surface area contributed by atoms with Crippen molar-refractivity contribution >= 4 is 21.6 Å². The molecule has 23 heavy (non-hydrogen) atoms. The summed E-state index contributed by atoms with van der Waals surface area (Å²) in [6, 6.07) is 11.9. The maximum absolute atomic E-state index is 12.6. The number of hydrogen-bond donors (Lipinski definition) is 1. The van der Waals surface area contributed by atoms with Gasteiger partial charge in [0.15, 0.2) is 9.84 Å². The normalized spacial score (nSPS) is 19.4. The van der Waals surface area contributed by atoms with Crippen LogP contribution in [0.5, 0.6) is 0 Å². The molecule has 6 nitrogen and oxygen atoms in total. The predicted molar refractivity (Wildman–Crippen MR) is 86.8 cm³/mol. The third kappa shape index (κ3) is 3.92. The van der Waals surface area contributed by atoms with Crippen molar-refractivity contribution in [1.82, 2.24) is 4.90 Å². The van der Waals surface area contributed by atoms with Crippen LogP contribution in [0.4, 0.5) is 10.5 Å². The third-order valence-corrected chi connectivity index (χ3v) is 5.59. The van der Waals surface area contributed by atoms with Crippen molar-refractivity contribution in [1.29, 1.82) is 0 Å². The first-order chi connectivity index (χ1) is 11.0. The summed E-state index contributed by atoms with van der Waals surface area (Å²) in [6.07, 6.45) is 1.99.